The van der Waals surface area contributed by atoms with Crippen LogP contribution < -0.4 is 10.9 Å². The number of fused-ring (bicyclic) bond motifs is 2. The lowest BCUT2D eigenvalue weighted by molar-refractivity contribution is -0.138. The highest BCUT2D eigenvalue weighted by Gasteiger charge is 2.28. The quantitative estimate of drug-likeness (QED) is 0.114. The second-order valence-electron chi connectivity index (χ2n) is 14.0. The van der Waals surface area contributed by atoms with Crippen molar-refractivity contribution in [2.45, 2.75) is 77.4 Å². The summed E-state index contributed by atoms with van der Waals surface area (Å²) in [6.45, 7) is 2.44. The maximum absolute atomic E-state index is 13.9. The van der Waals surface area contributed by atoms with Gasteiger partial charge < -0.3 is 10.2 Å². The van der Waals surface area contributed by atoms with E-state index in [0.29, 0.717) is 88.9 Å². The number of pyridine rings is 2. The van der Waals surface area contributed by atoms with E-state index in [1.807, 2.05) is 77.8 Å². The Hall–Kier alpha value is -6.04. The molecule has 1 saturated heterocycles. The molecule has 0 atom stereocenters. The average Bonchev–Trinajstić information content (AvgIpc) is 3.77. The third-order valence-electron chi connectivity index (χ3n) is 10.1. The first kappa shape index (κ1) is 36.3. The lowest BCUT2D eigenvalue weighted by atomic mass is 10.0. The van der Waals surface area contributed by atoms with Crippen LogP contribution in [-0.2, 0) is 45.2 Å². The molecule has 0 bridgehead atoms. The summed E-state index contributed by atoms with van der Waals surface area (Å²) < 4.78 is 1.50. The van der Waals surface area contributed by atoms with E-state index in [0.717, 1.165) is 45.1 Å². The van der Waals surface area contributed by atoms with Crippen LogP contribution in [0, 0.1) is 0 Å². The summed E-state index contributed by atoms with van der Waals surface area (Å²) >= 11 is 0. The van der Waals surface area contributed by atoms with E-state index in [1.54, 1.807) is 12.4 Å². The van der Waals surface area contributed by atoms with Gasteiger partial charge in [0.1, 0.15) is 0 Å². The summed E-state index contributed by atoms with van der Waals surface area (Å²) in [5.74, 6) is -0.197. The number of carbonyl (C=O) groups is 4. The molecular weight excluding hydrogens is 683 g/mol. The van der Waals surface area contributed by atoms with Gasteiger partial charge in [0.25, 0.3) is 5.56 Å². The fourth-order valence-electron chi connectivity index (χ4n) is 7.06. The minimum atomic E-state index is -0.209. The molecule has 54 heavy (non-hydrogen) atoms. The van der Waals surface area contributed by atoms with Crippen molar-refractivity contribution in [2.75, 3.05) is 13.1 Å². The van der Waals surface area contributed by atoms with Crippen molar-refractivity contribution in [3.8, 4) is 22.4 Å². The van der Waals surface area contributed by atoms with Crippen LogP contribution in [0.1, 0.15) is 68.1 Å². The highest BCUT2D eigenvalue weighted by atomic mass is 16.2. The van der Waals surface area contributed by atoms with E-state index in [9.17, 15) is 24.0 Å². The lowest BCUT2D eigenvalue weighted by Gasteiger charge is -2.15. The van der Waals surface area contributed by atoms with Crippen molar-refractivity contribution in [1.29, 1.82) is 0 Å². The van der Waals surface area contributed by atoms with Crippen molar-refractivity contribution in [3.05, 3.63) is 112 Å². The van der Waals surface area contributed by atoms with Gasteiger partial charge in [-0.05, 0) is 72.2 Å². The molecule has 2 aliphatic heterocycles. The van der Waals surface area contributed by atoms with Crippen LogP contribution in [0.5, 0.6) is 0 Å². The highest BCUT2D eigenvalue weighted by molar-refractivity contribution is 6.01. The molecule has 12 heteroatoms. The number of hydrogen-bond acceptors (Lipinski definition) is 8. The first-order valence-electron chi connectivity index (χ1n) is 18.7. The van der Waals surface area contributed by atoms with Crippen LogP contribution in [0.3, 0.4) is 0 Å². The number of unbranched alkanes of at least 4 members (excludes halogenated alkanes) is 3. The van der Waals surface area contributed by atoms with Crippen molar-refractivity contribution >= 4 is 34.5 Å². The molecule has 7 rings (SSSR count). The molecule has 0 unspecified atom stereocenters. The van der Waals surface area contributed by atoms with Crippen LogP contribution in [0.2, 0.25) is 0 Å². The molecule has 5 heterocycles. The van der Waals surface area contributed by atoms with Gasteiger partial charge in [-0.2, -0.15) is 5.10 Å². The van der Waals surface area contributed by atoms with Gasteiger partial charge in [-0.3, -0.25) is 38.8 Å². The van der Waals surface area contributed by atoms with Gasteiger partial charge in [0.05, 0.1) is 23.2 Å². The molecular formula is C42H43N7O5. The summed E-state index contributed by atoms with van der Waals surface area (Å²) in [5.41, 5.74) is 6.42. The van der Waals surface area contributed by atoms with E-state index >= 15 is 0 Å². The minimum absolute atomic E-state index is 0.0409. The van der Waals surface area contributed by atoms with Crippen LogP contribution in [0.4, 0.5) is 0 Å². The second kappa shape index (κ2) is 16.7. The zero-order valence-electron chi connectivity index (χ0n) is 30.2. The number of carbonyl (C=O) groups excluding carboxylic acids is 4. The van der Waals surface area contributed by atoms with E-state index in [4.69, 9.17) is 5.10 Å². The third kappa shape index (κ3) is 8.60. The Morgan fingerprint density at radius 2 is 1.54 bits per heavy atom. The van der Waals surface area contributed by atoms with Gasteiger partial charge in [-0.25, -0.2) is 4.68 Å². The maximum atomic E-state index is 13.9. The number of benzene rings is 2. The SMILES string of the molecule is O=C(CCCCCN1C(=O)CCC1=O)NCCCCn1nc(-c2ccc(CC(=O)N3Cc4ccncc4C3)cc2)cc(-c2ccc3cccnc3c2)c1=O. The first-order valence-corrected chi connectivity index (χ1v) is 18.7. The summed E-state index contributed by atoms with van der Waals surface area (Å²) in [6, 6.07) is 21.2. The number of amides is 4. The molecule has 0 radical (unpaired) electrons. The Labute approximate surface area is 313 Å². The van der Waals surface area contributed by atoms with Gasteiger partial charge in [0, 0.05) is 81.5 Å². The standard InChI is InChI=1S/C42H43N7O5/c50-38(8-2-1-4-21-48-39(51)15-16-40(48)52)45-18-3-5-22-49-42(54)35(32-14-13-30-7-6-19-44-36(30)24-32)25-37(46-49)31-11-9-29(10-12-31)23-41(53)47-27-33-17-20-43-26-34(33)28-47/h6-7,9-14,17,19-20,24-26H,1-5,8,15-16,18,21-23,27-28H2,(H,45,50). The molecule has 3 aromatic heterocycles. The normalized spacial score (nSPS) is 13.9. The van der Waals surface area contributed by atoms with E-state index in [2.05, 4.69) is 15.3 Å². The van der Waals surface area contributed by atoms with Crippen molar-refractivity contribution in [1.82, 2.24) is 34.9 Å². The van der Waals surface area contributed by atoms with Gasteiger partial charge in [0.15, 0.2) is 0 Å². The Kier molecular flexibility index (Phi) is 11.3. The predicted molar refractivity (Wildman–Crippen MR) is 204 cm³/mol. The number of likely N-dealkylation sites (tertiary alicyclic amines) is 1. The molecule has 1 N–H and O–H groups in total. The number of aryl methyl sites for hydroxylation is 1. The van der Waals surface area contributed by atoms with Crippen LogP contribution in [0.15, 0.2) is 90.1 Å². The highest BCUT2D eigenvalue weighted by Crippen LogP contribution is 2.26. The molecule has 2 aliphatic rings. The van der Waals surface area contributed by atoms with Crippen LogP contribution in [-0.4, -0.2) is 66.3 Å². The number of nitrogens with one attached hydrogen (secondary N) is 1. The monoisotopic (exact) mass is 725 g/mol. The average molecular weight is 726 g/mol. The van der Waals surface area contributed by atoms with Crippen LogP contribution >= 0.6 is 0 Å². The number of rotatable bonds is 15. The Morgan fingerprint density at radius 3 is 2.35 bits per heavy atom. The van der Waals surface area contributed by atoms with Gasteiger partial charge in [-0.15, -0.1) is 0 Å². The number of aromatic nitrogens is 4. The molecule has 276 valence electrons. The number of nitrogens with zero attached hydrogens (tertiary/aromatic N) is 6. The number of hydrogen-bond donors (Lipinski definition) is 1. The zero-order chi connectivity index (χ0) is 37.4. The summed E-state index contributed by atoms with van der Waals surface area (Å²) in [7, 11) is 0. The van der Waals surface area contributed by atoms with Gasteiger partial charge in [0.2, 0.25) is 23.6 Å². The Bertz CT molecular complexity index is 2210. The predicted octanol–water partition coefficient (Wildman–Crippen LogP) is 5.21. The fourth-order valence-corrected chi connectivity index (χ4v) is 7.06. The lowest BCUT2D eigenvalue weighted by Crippen LogP contribution is -2.30. The maximum Gasteiger partial charge on any atom is 0.274 e. The second-order valence-corrected chi connectivity index (χ2v) is 14.0. The zero-order valence-corrected chi connectivity index (χ0v) is 30.2. The minimum Gasteiger partial charge on any atom is -0.356 e. The van der Waals surface area contributed by atoms with E-state index in [1.165, 1.54) is 9.58 Å². The summed E-state index contributed by atoms with van der Waals surface area (Å²) in [4.78, 5) is 74.8. The van der Waals surface area contributed by atoms with Crippen LogP contribution in [0.25, 0.3) is 33.3 Å². The largest absolute Gasteiger partial charge is 0.356 e. The van der Waals surface area contributed by atoms with E-state index in [-0.39, 0.29) is 35.6 Å². The first-order chi connectivity index (χ1) is 26.3. The third-order valence-corrected chi connectivity index (χ3v) is 10.1. The molecule has 5 aromatic rings. The van der Waals surface area contributed by atoms with Gasteiger partial charge in [-0.1, -0.05) is 48.9 Å². The van der Waals surface area contributed by atoms with Gasteiger partial charge >= 0.3 is 0 Å². The van der Waals surface area contributed by atoms with Crippen molar-refractivity contribution in [3.63, 3.8) is 0 Å². The Morgan fingerprint density at radius 1 is 0.759 bits per heavy atom. The smallest absolute Gasteiger partial charge is 0.274 e. The molecule has 0 spiro atoms. The number of imide groups is 1. The van der Waals surface area contributed by atoms with Crippen molar-refractivity contribution < 1.29 is 19.2 Å². The molecule has 0 saturated carbocycles. The Balaban J connectivity index is 0.975. The molecule has 0 aliphatic carbocycles. The topological polar surface area (TPSA) is 147 Å². The summed E-state index contributed by atoms with van der Waals surface area (Å²) in [5, 5.41) is 8.71. The van der Waals surface area contributed by atoms with Crippen molar-refractivity contribution in [2.24, 2.45) is 0 Å². The molecule has 1 fully saturated rings. The van der Waals surface area contributed by atoms with E-state index < -0.39 is 0 Å². The molecule has 12 nitrogen and oxygen atoms in total. The molecule has 4 amide bonds. The molecule has 2 aromatic carbocycles. The summed E-state index contributed by atoms with van der Waals surface area (Å²) in [6.07, 6.45) is 10.0. The fraction of sp³-hybridized carbons (Fsp3) is 0.333.